The molecule has 7 nitrogen and oxygen atoms in total. The molecule has 8 heteroatoms. The molecule has 1 spiro atoms. The number of carboxylic acids is 1. The summed E-state index contributed by atoms with van der Waals surface area (Å²) in [5.74, 6) is -2.61. The van der Waals surface area contributed by atoms with Gasteiger partial charge in [-0.2, -0.15) is 0 Å². The van der Waals surface area contributed by atoms with Crippen LogP contribution in [0.25, 0.3) is 0 Å². The summed E-state index contributed by atoms with van der Waals surface area (Å²) in [6, 6.07) is 9.19. The highest BCUT2D eigenvalue weighted by molar-refractivity contribution is 7.91. The first-order valence-corrected chi connectivity index (χ1v) is 9.02. The fraction of sp³-hybridized carbons (Fsp3) is 0.467. The highest BCUT2D eigenvalue weighted by Gasteiger charge is 2.61. The second-order valence-electron chi connectivity index (χ2n) is 6.20. The van der Waals surface area contributed by atoms with E-state index in [0.717, 1.165) is 5.56 Å². The molecule has 0 saturated carbocycles. The van der Waals surface area contributed by atoms with Crippen molar-refractivity contribution >= 4 is 21.9 Å². The van der Waals surface area contributed by atoms with E-state index in [0.29, 0.717) is 0 Å². The van der Waals surface area contributed by atoms with Gasteiger partial charge in [0, 0.05) is 18.5 Å². The minimum absolute atomic E-state index is 0.108. The summed E-state index contributed by atoms with van der Waals surface area (Å²) in [4.78, 5) is 24.6. The topological polar surface area (TPSA) is 101 Å². The maximum atomic E-state index is 12.0. The molecule has 1 amide bonds. The summed E-state index contributed by atoms with van der Waals surface area (Å²) < 4.78 is 28.7. The number of ether oxygens (including phenoxy) is 1. The van der Waals surface area contributed by atoms with E-state index in [1.165, 1.54) is 4.90 Å². The van der Waals surface area contributed by atoms with Crippen LogP contribution in [0.15, 0.2) is 30.3 Å². The molecule has 0 bridgehead atoms. The van der Waals surface area contributed by atoms with Crippen LogP contribution in [0, 0.1) is 11.3 Å². The predicted molar refractivity (Wildman–Crippen MR) is 80.4 cm³/mol. The van der Waals surface area contributed by atoms with Crippen LogP contribution in [-0.2, 0) is 26.0 Å². The maximum Gasteiger partial charge on any atom is 0.410 e. The van der Waals surface area contributed by atoms with Crippen LogP contribution in [-0.4, -0.2) is 55.1 Å². The lowest BCUT2D eigenvalue weighted by Gasteiger charge is -2.48. The van der Waals surface area contributed by atoms with Gasteiger partial charge < -0.3 is 14.7 Å². The number of carbonyl (C=O) groups excluding carboxylic acids is 1. The Balaban J connectivity index is 1.59. The molecule has 1 atom stereocenters. The molecule has 0 aliphatic carbocycles. The summed E-state index contributed by atoms with van der Waals surface area (Å²) in [5, 5.41) is 9.22. The van der Waals surface area contributed by atoms with Crippen LogP contribution >= 0.6 is 0 Å². The summed E-state index contributed by atoms with van der Waals surface area (Å²) in [7, 11) is -3.37. The largest absolute Gasteiger partial charge is 0.481 e. The van der Waals surface area contributed by atoms with E-state index in [4.69, 9.17) is 4.74 Å². The zero-order valence-electron chi connectivity index (χ0n) is 12.3. The highest BCUT2D eigenvalue weighted by Crippen LogP contribution is 2.45. The first-order valence-electron chi connectivity index (χ1n) is 7.20. The van der Waals surface area contributed by atoms with Gasteiger partial charge in [-0.1, -0.05) is 30.3 Å². The van der Waals surface area contributed by atoms with Crippen molar-refractivity contribution in [3.63, 3.8) is 0 Å². The van der Waals surface area contributed by atoms with Crippen molar-refractivity contribution in [3.05, 3.63) is 35.9 Å². The average Bonchev–Trinajstić information content (AvgIpc) is 2.76. The van der Waals surface area contributed by atoms with Crippen LogP contribution in [0.3, 0.4) is 0 Å². The van der Waals surface area contributed by atoms with E-state index in [2.05, 4.69) is 0 Å². The number of amides is 1. The van der Waals surface area contributed by atoms with Gasteiger partial charge in [-0.15, -0.1) is 0 Å². The molecular weight excluding hydrogens is 322 g/mol. The number of aliphatic carboxylic acids is 1. The number of likely N-dealkylation sites (tertiary alicyclic amines) is 1. The zero-order valence-corrected chi connectivity index (χ0v) is 13.2. The number of carbonyl (C=O) groups is 2. The van der Waals surface area contributed by atoms with Crippen LogP contribution < -0.4 is 0 Å². The molecule has 1 aromatic carbocycles. The van der Waals surface area contributed by atoms with Crippen LogP contribution in [0.2, 0.25) is 0 Å². The standard InChI is InChI=1S/C15H17NO6S/c17-13(18)12-7-23(20,21)10-15(12)8-16(9-15)14(19)22-6-11-4-2-1-3-5-11/h1-5,12H,6-10H2,(H,17,18). The van der Waals surface area contributed by atoms with Gasteiger partial charge in [0.2, 0.25) is 0 Å². The Bertz CT molecular complexity index is 724. The fourth-order valence-electron chi connectivity index (χ4n) is 3.33. The molecule has 1 unspecified atom stereocenters. The number of benzene rings is 1. The lowest BCUT2D eigenvalue weighted by molar-refractivity contribution is -0.149. The highest BCUT2D eigenvalue weighted by atomic mass is 32.2. The molecule has 3 rings (SSSR count). The van der Waals surface area contributed by atoms with E-state index in [9.17, 15) is 23.1 Å². The van der Waals surface area contributed by atoms with Crippen molar-refractivity contribution in [2.75, 3.05) is 24.6 Å². The van der Waals surface area contributed by atoms with Crippen LogP contribution in [0.5, 0.6) is 0 Å². The number of nitrogens with zero attached hydrogens (tertiary/aromatic N) is 1. The zero-order chi connectivity index (χ0) is 16.7. The third-order valence-electron chi connectivity index (χ3n) is 4.44. The van der Waals surface area contributed by atoms with Gasteiger partial charge in [0.05, 0.1) is 17.4 Å². The van der Waals surface area contributed by atoms with E-state index < -0.39 is 33.2 Å². The fourth-order valence-corrected chi connectivity index (χ4v) is 5.71. The second kappa shape index (κ2) is 5.52. The Labute approximate surface area is 133 Å². The summed E-state index contributed by atoms with van der Waals surface area (Å²) >= 11 is 0. The van der Waals surface area contributed by atoms with Crippen molar-refractivity contribution in [2.24, 2.45) is 11.3 Å². The van der Waals surface area contributed by atoms with Gasteiger partial charge >= 0.3 is 12.1 Å². The lowest BCUT2D eigenvalue weighted by atomic mass is 9.72. The van der Waals surface area contributed by atoms with E-state index in [1.54, 1.807) is 0 Å². The molecule has 2 aliphatic rings. The van der Waals surface area contributed by atoms with Crippen molar-refractivity contribution < 1.29 is 27.9 Å². The molecule has 1 aromatic rings. The first kappa shape index (κ1) is 15.8. The Kier molecular flexibility index (Phi) is 3.79. The third-order valence-corrected chi connectivity index (χ3v) is 6.30. The van der Waals surface area contributed by atoms with E-state index >= 15 is 0 Å². The minimum Gasteiger partial charge on any atom is -0.481 e. The molecule has 0 aromatic heterocycles. The predicted octanol–water partition coefficient (Wildman–Crippen LogP) is 0.754. The SMILES string of the molecule is O=C(O)C1CS(=O)(=O)CC12CN(C(=O)OCc1ccccc1)C2. The smallest absolute Gasteiger partial charge is 0.410 e. The Morgan fingerprint density at radius 3 is 2.52 bits per heavy atom. The number of rotatable bonds is 3. The van der Waals surface area contributed by atoms with E-state index in [-0.39, 0.29) is 31.2 Å². The average molecular weight is 339 g/mol. The van der Waals surface area contributed by atoms with Crippen LogP contribution in [0.4, 0.5) is 4.79 Å². The third kappa shape index (κ3) is 3.03. The summed E-state index contributed by atoms with van der Waals surface area (Å²) in [6.07, 6.45) is -0.548. The molecular formula is C15H17NO6S. The Morgan fingerprint density at radius 1 is 1.26 bits per heavy atom. The molecule has 23 heavy (non-hydrogen) atoms. The van der Waals surface area contributed by atoms with Crippen molar-refractivity contribution in [3.8, 4) is 0 Å². The molecule has 2 fully saturated rings. The van der Waals surface area contributed by atoms with Gasteiger partial charge in [0.1, 0.15) is 6.61 Å². The van der Waals surface area contributed by atoms with Gasteiger partial charge in [-0.05, 0) is 5.56 Å². The summed E-state index contributed by atoms with van der Waals surface area (Å²) in [6.45, 7) is 0.345. The first-order chi connectivity index (χ1) is 10.8. The van der Waals surface area contributed by atoms with Gasteiger partial charge in [0.25, 0.3) is 0 Å². The maximum absolute atomic E-state index is 12.0. The normalized spacial score (nSPS) is 24.2. The molecule has 2 saturated heterocycles. The molecule has 1 N–H and O–H groups in total. The number of hydrogen-bond donors (Lipinski definition) is 1. The second-order valence-corrected chi connectivity index (χ2v) is 8.31. The van der Waals surface area contributed by atoms with Crippen molar-refractivity contribution in [2.45, 2.75) is 6.61 Å². The molecule has 0 radical (unpaired) electrons. The Hall–Kier alpha value is -2.09. The Morgan fingerprint density at radius 2 is 1.91 bits per heavy atom. The number of sulfone groups is 1. The number of carboxylic acid groups (broad SMARTS) is 1. The quantitative estimate of drug-likeness (QED) is 0.872. The van der Waals surface area contributed by atoms with Crippen LogP contribution in [0.1, 0.15) is 5.56 Å². The molecule has 124 valence electrons. The van der Waals surface area contributed by atoms with Gasteiger partial charge in [-0.25, -0.2) is 13.2 Å². The van der Waals surface area contributed by atoms with Crippen molar-refractivity contribution in [1.29, 1.82) is 0 Å². The van der Waals surface area contributed by atoms with Gasteiger partial charge in [0.15, 0.2) is 9.84 Å². The number of hydrogen-bond acceptors (Lipinski definition) is 5. The van der Waals surface area contributed by atoms with Crippen molar-refractivity contribution in [1.82, 2.24) is 4.90 Å². The molecule has 2 heterocycles. The summed E-state index contributed by atoms with van der Waals surface area (Å²) in [5.41, 5.74) is -0.0147. The lowest BCUT2D eigenvalue weighted by Crippen LogP contribution is -2.63. The molecule has 2 aliphatic heterocycles. The van der Waals surface area contributed by atoms with Gasteiger partial charge in [-0.3, -0.25) is 4.79 Å². The monoisotopic (exact) mass is 339 g/mol. The minimum atomic E-state index is -3.37. The van der Waals surface area contributed by atoms with E-state index in [1.807, 2.05) is 30.3 Å².